The van der Waals surface area contributed by atoms with Gasteiger partial charge >= 0.3 is 12.1 Å². The number of aliphatic hydroxyl groups is 2. The van der Waals surface area contributed by atoms with Crippen molar-refractivity contribution in [2.45, 2.75) is 140 Å². The maximum atomic E-state index is 12.7. The summed E-state index contributed by atoms with van der Waals surface area (Å²) >= 11 is 0. The van der Waals surface area contributed by atoms with Crippen LogP contribution in [0.4, 0.5) is 4.79 Å². The molecule has 3 aliphatic rings. The number of Topliss-reactive ketones (excluding diaryl/α,β-unsaturated/α-hetero) is 1. The van der Waals surface area contributed by atoms with Crippen molar-refractivity contribution < 1.29 is 43.6 Å². The Morgan fingerprint density at radius 3 is 2.21 bits per heavy atom. The van der Waals surface area contributed by atoms with E-state index in [4.69, 9.17) is 14.2 Å². The molecule has 0 bridgehead atoms. The van der Waals surface area contributed by atoms with Gasteiger partial charge in [-0.25, -0.2) is 4.79 Å². The van der Waals surface area contributed by atoms with Crippen LogP contribution in [0.15, 0.2) is 0 Å². The number of nitrogens with one attached hydrogen (secondary N) is 2. The average Bonchev–Trinajstić information content (AvgIpc) is 2.92. The van der Waals surface area contributed by atoms with Gasteiger partial charge in [-0.05, 0) is 25.2 Å². The number of hydrogen-bond donors (Lipinski definition) is 4. The molecule has 11 heteroatoms. The molecule has 222 valence electrons. The van der Waals surface area contributed by atoms with Gasteiger partial charge in [-0.2, -0.15) is 0 Å². The van der Waals surface area contributed by atoms with Crippen LogP contribution < -0.4 is 10.6 Å². The Morgan fingerprint density at radius 1 is 0.872 bits per heavy atom. The molecule has 39 heavy (non-hydrogen) atoms. The van der Waals surface area contributed by atoms with Crippen molar-refractivity contribution in [2.75, 3.05) is 6.61 Å². The van der Waals surface area contributed by atoms with Gasteiger partial charge in [-0.3, -0.25) is 14.4 Å². The Bertz CT molecular complexity index is 811. The van der Waals surface area contributed by atoms with Crippen molar-refractivity contribution in [3.05, 3.63) is 0 Å². The van der Waals surface area contributed by atoms with E-state index in [1.807, 2.05) is 6.92 Å². The first-order valence-corrected chi connectivity index (χ1v) is 14.7. The largest absolute Gasteiger partial charge is 0.463 e. The van der Waals surface area contributed by atoms with Crippen molar-refractivity contribution in [1.82, 2.24) is 10.6 Å². The van der Waals surface area contributed by atoms with Crippen LogP contribution in [-0.2, 0) is 28.6 Å². The fourth-order valence-electron chi connectivity index (χ4n) is 5.73. The summed E-state index contributed by atoms with van der Waals surface area (Å²) in [4.78, 5) is 49.5. The number of ether oxygens (including phenoxy) is 3. The first-order valence-electron chi connectivity index (χ1n) is 14.7. The summed E-state index contributed by atoms with van der Waals surface area (Å²) in [5, 5.41) is 26.8. The molecule has 3 rings (SSSR count). The third-order valence-corrected chi connectivity index (χ3v) is 7.93. The molecule has 0 radical (unpaired) electrons. The quantitative estimate of drug-likeness (QED) is 0.266. The molecule has 0 aromatic carbocycles. The Balaban J connectivity index is 1.55. The van der Waals surface area contributed by atoms with E-state index in [2.05, 4.69) is 10.6 Å². The lowest BCUT2D eigenvalue weighted by Crippen LogP contribution is -2.65. The van der Waals surface area contributed by atoms with Crippen molar-refractivity contribution in [3.8, 4) is 0 Å². The number of amides is 2. The SMILES string of the molecule is CCCC(=O)N[C@H]1C(O)O[C@H](COC(=O)CCC(=O)CC2CCCCC2)[C@@H](OC(=O)NC2CCCCC2)[C@@H]1O. The summed E-state index contributed by atoms with van der Waals surface area (Å²) in [5.41, 5.74) is 0. The van der Waals surface area contributed by atoms with Crippen LogP contribution in [-0.4, -0.2) is 77.3 Å². The highest BCUT2D eigenvalue weighted by Crippen LogP contribution is 2.27. The summed E-state index contributed by atoms with van der Waals surface area (Å²) in [5.74, 6) is -0.588. The van der Waals surface area contributed by atoms with Crippen molar-refractivity contribution in [3.63, 3.8) is 0 Å². The highest BCUT2D eigenvalue weighted by Gasteiger charge is 2.48. The van der Waals surface area contributed by atoms with Gasteiger partial charge < -0.3 is 35.1 Å². The molecule has 1 unspecified atom stereocenters. The van der Waals surface area contributed by atoms with Gasteiger partial charge in [-0.1, -0.05) is 58.3 Å². The first-order chi connectivity index (χ1) is 18.8. The predicted molar refractivity (Wildman–Crippen MR) is 140 cm³/mol. The average molecular weight is 555 g/mol. The fraction of sp³-hybridized carbons (Fsp3) is 0.857. The minimum absolute atomic E-state index is 0.0323. The maximum Gasteiger partial charge on any atom is 0.407 e. The normalized spacial score (nSPS) is 28.3. The third kappa shape index (κ3) is 10.3. The number of esters is 1. The summed E-state index contributed by atoms with van der Waals surface area (Å²) in [6.45, 7) is 1.42. The van der Waals surface area contributed by atoms with Crippen molar-refractivity contribution in [1.29, 1.82) is 0 Å². The van der Waals surface area contributed by atoms with Gasteiger partial charge in [0.25, 0.3) is 0 Å². The van der Waals surface area contributed by atoms with Gasteiger partial charge in [0.05, 0.1) is 6.42 Å². The molecule has 2 saturated carbocycles. The molecule has 5 atom stereocenters. The highest BCUT2D eigenvalue weighted by molar-refractivity contribution is 5.83. The van der Waals surface area contributed by atoms with E-state index >= 15 is 0 Å². The highest BCUT2D eigenvalue weighted by atomic mass is 16.7. The summed E-state index contributed by atoms with van der Waals surface area (Å²) < 4.78 is 16.4. The Hall–Kier alpha value is -2.24. The second-order valence-electron chi connectivity index (χ2n) is 11.2. The molecule has 3 fully saturated rings. The van der Waals surface area contributed by atoms with Crippen LogP contribution in [0.2, 0.25) is 0 Å². The van der Waals surface area contributed by atoms with E-state index in [9.17, 15) is 29.4 Å². The number of rotatable bonds is 12. The summed E-state index contributed by atoms with van der Waals surface area (Å²) in [6.07, 6.45) is 5.23. The zero-order valence-electron chi connectivity index (χ0n) is 23.1. The van der Waals surface area contributed by atoms with E-state index in [1.54, 1.807) is 0 Å². The lowest BCUT2D eigenvalue weighted by molar-refractivity contribution is -0.255. The third-order valence-electron chi connectivity index (χ3n) is 7.93. The maximum absolute atomic E-state index is 12.7. The van der Waals surface area contributed by atoms with E-state index < -0.39 is 55.2 Å². The smallest absolute Gasteiger partial charge is 0.407 e. The molecule has 1 heterocycles. The van der Waals surface area contributed by atoms with Crippen LogP contribution in [0, 0.1) is 5.92 Å². The van der Waals surface area contributed by atoms with Gasteiger partial charge in [0.1, 0.15) is 30.6 Å². The van der Waals surface area contributed by atoms with E-state index in [0.717, 1.165) is 57.8 Å². The molecule has 2 amide bonds. The van der Waals surface area contributed by atoms with Gasteiger partial charge in [0, 0.05) is 25.3 Å². The van der Waals surface area contributed by atoms with E-state index in [1.165, 1.54) is 6.42 Å². The first kappa shape index (κ1) is 31.3. The van der Waals surface area contributed by atoms with Crippen LogP contribution >= 0.6 is 0 Å². The van der Waals surface area contributed by atoms with E-state index in [-0.39, 0.29) is 31.1 Å². The van der Waals surface area contributed by atoms with Crippen LogP contribution in [0.3, 0.4) is 0 Å². The standard InChI is InChI=1S/C28H46N2O9/c1-2-9-22(32)30-24-25(34)26(39-28(36)29-19-12-7-4-8-13-19)21(38-27(24)35)17-37-23(33)15-14-20(31)16-18-10-5-3-6-11-18/h18-19,21,24-27,34-35H,2-17H2,1H3,(H,29,36)(H,30,32)/t21-,24-,25-,26-,27?/m1/s1. The second-order valence-corrected chi connectivity index (χ2v) is 11.2. The molecule has 0 aromatic rings. The molecule has 2 aliphatic carbocycles. The molecule has 1 aliphatic heterocycles. The molecule has 1 saturated heterocycles. The molecular weight excluding hydrogens is 508 g/mol. The van der Waals surface area contributed by atoms with Crippen LogP contribution in [0.5, 0.6) is 0 Å². The Morgan fingerprint density at radius 2 is 1.54 bits per heavy atom. The number of carbonyl (C=O) groups is 4. The fourth-order valence-corrected chi connectivity index (χ4v) is 5.73. The molecule has 4 N–H and O–H groups in total. The predicted octanol–water partition coefficient (Wildman–Crippen LogP) is 2.64. The van der Waals surface area contributed by atoms with Gasteiger partial charge in [0.2, 0.25) is 5.91 Å². The van der Waals surface area contributed by atoms with Crippen molar-refractivity contribution in [2.24, 2.45) is 5.92 Å². The number of carbonyl (C=O) groups excluding carboxylic acids is 4. The minimum Gasteiger partial charge on any atom is -0.463 e. The number of ketones is 1. The Labute approximate surface area is 230 Å². The number of alkyl carbamates (subject to hydrolysis) is 1. The van der Waals surface area contributed by atoms with Gasteiger partial charge in [-0.15, -0.1) is 0 Å². The second kappa shape index (κ2) is 16.1. The number of aliphatic hydroxyl groups excluding tert-OH is 2. The zero-order valence-corrected chi connectivity index (χ0v) is 23.1. The zero-order chi connectivity index (χ0) is 28.2. The monoisotopic (exact) mass is 554 g/mol. The summed E-state index contributed by atoms with van der Waals surface area (Å²) in [6, 6.07) is -1.28. The molecule has 0 spiro atoms. The lowest BCUT2D eigenvalue weighted by atomic mass is 9.85. The number of hydrogen-bond acceptors (Lipinski definition) is 9. The van der Waals surface area contributed by atoms with Gasteiger partial charge in [0.15, 0.2) is 12.4 Å². The molecular formula is C28H46N2O9. The topological polar surface area (TPSA) is 160 Å². The van der Waals surface area contributed by atoms with Crippen LogP contribution in [0.25, 0.3) is 0 Å². The minimum atomic E-state index is -1.61. The molecule has 0 aromatic heterocycles. The molecule has 11 nitrogen and oxygen atoms in total. The van der Waals surface area contributed by atoms with Crippen molar-refractivity contribution >= 4 is 23.8 Å². The Kier molecular flexibility index (Phi) is 12.9. The summed E-state index contributed by atoms with van der Waals surface area (Å²) in [7, 11) is 0. The van der Waals surface area contributed by atoms with Crippen LogP contribution in [0.1, 0.15) is 103 Å². The lowest BCUT2D eigenvalue weighted by Gasteiger charge is -2.42. The van der Waals surface area contributed by atoms with E-state index in [0.29, 0.717) is 18.8 Å².